The van der Waals surface area contributed by atoms with Crippen molar-refractivity contribution in [1.82, 2.24) is 14.5 Å². The number of amides is 1. The summed E-state index contributed by atoms with van der Waals surface area (Å²) < 4.78 is 2.52. The average molecular weight is 398 g/mol. The van der Waals surface area contributed by atoms with Crippen LogP contribution in [-0.4, -0.2) is 44.7 Å². The lowest BCUT2D eigenvalue weighted by Gasteiger charge is -2.15. The normalized spacial score (nSPS) is 17.3. The molecule has 28 heavy (non-hydrogen) atoms. The Hall–Kier alpha value is -2.55. The van der Waals surface area contributed by atoms with Crippen molar-refractivity contribution in [3.05, 3.63) is 45.8 Å². The van der Waals surface area contributed by atoms with Crippen LogP contribution in [0, 0.1) is 0 Å². The van der Waals surface area contributed by atoms with Crippen molar-refractivity contribution >= 4 is 33.1 Å². The van der Waals surface area contributed by atoms with Gasteiger partial charge in [0.2, 0.25) is 5.91 Å². The molecule has 0 bridgehead atoms. The summed E-state index contributed by atoms with van der Waals surface area (Å²) >= 11 is 1.61. The standard InChI is InChI=1S/C20H22N4O3S/c1-12(25)22-17-9-13(3-6-21-17)18-16(11-24-8-4-14(26)10-24)28-15-5-7-23(2)20(27)19(15)18/h3,5-7,9,14,26H,4,8,10-11H2,1-2H3,(H,21,22,25)/t14-/m0/s1. The fraction of sp³-hybridized carbons (Fsp3) is 0.350. The zero-order valence-electron chi connectivity index (χ0n) is 15.8. The SMILES string of the molecule is CC(=O)Nc1cc(-c2c(CN3CC[C@H](O)C3)sc3ccn(C)c(=O)c23)ccn1. The molecule has 1 aliphatic heterocycles. The molecule has 7 nitrogen and oxygen atoms in total. The monoisotopic (exact) mass is 398 g/mol. The molecule has 1 atom stereocenters. The van der Waals surface area contributed by atoms with E-state index in [2.05, 4.69) is 15.2 Å². The van der Waals surface area contributed by atoms with Gasteiger partial charge in [-0.1, -0.05) is 0 Å². The Morgan fingerprint density at radius 2 is 2.25 bits per heavy atom. The molecule has 1 saturated heterocycles. The summed E-state index contributed by atoms with van der Waals surface area (Å²) in [5.41, 5.74) is 1.69. The fourth-order valence-corrected chi connectivity index (χ4v) is 4.92. The first-order valence-electron chi connectivity index (χ1n) is 9.18. The Morgan fingerprint density at radius 3 is 2.96 bits per heavy atom. The molecule has 0 spiro atoms. The molecule has 1 amide bonds. The summed E-state index contributed by atoms with van der Waals surface area (Å²) in [7, 11) is 1.75. The minimum absolute atomic E-state index is 0.0469. The Labute approximate surface area is 166 Å². The number of likely N-dealkylation sites (tertiary alicyclic amines) is 1. The summed E-state index contributed by atoms with van der Waals surface area (Å²) in [6.45, 7) is 3.58. The summed E-state index contributed by atoms with van der Waals surface area (Å²) in [5.74, 6) is 0.265. The van der Waals surface area contributed by atoms with Crippen LogP contribution in [0.1, 0.15) is 18.2 Å². The number of hydrogen-bond acceptors (Lipinski definition) is 6. The van der Waals surface area contributed by atoms with Gasteiger partial charge in [-0.05, 0) is 30.2 Å². The molecule has 1 fully saturated rings. The summed E-state index contributed by atoms with van der Waals surface area (Å²) in [4.78, 5) is 31.8. The highest BCUT2D eigenvalue weighted by Gasteiger charge is 2.24. The molecule has 1 aliphatic rings. The lowest BCUT2D eigenvalue weighted by Crippen LogP contribution is -2.21. The van der Waals surface area contributed by atoms with E-state index >= 15 is 0 Å². The van der Waals surface area contributed by atoms with Gasteiger partial charge in [0.25, 0.3) is 5.56 Å². The quantitative estimate of drug-likeness (QED) is 0.703. The molecule has 146 valence electrons. The molecular weight excluding hydrogens is 376 g/mol. The van der Waals surface area contributed by atoms with E-state index in [4.69, 9.17) is 0 Å². The molecule has 4 rings (SSSR count). The molecule has 0 radical (unpaired) electrons. The lowest BCUT2D eigenvalue weighted by atomic mass is 10.0. The van der Waals surface area contributed by atoms with Gasteiger partial charge in [-0.2, -0.15) is 0 Å². The molecule has 4 heterocycles. The van der Waals surface area contributed by atoms with E-state index in [0.717, 1.165) is 33.7 Å². The highest BCUT2D eigenvalue weighted by atomic mass is 32.1. The molecule has 2 N–H and O–H groups in total. The highest BCUT2D eigenvalue weighted by Crippen LogP contribution is 2.38. The van der Waals surface area contributed by atoms with E-state index in [1.165, 1.54) is 6.92 Å². The number of anilines is 1. The molecule has 8 heteroatoms. The van der Waals surface area contributed by atoms with E-state index in [-0.39, 0.29) is 17.6 Å². The Morgan fingerprint density at radius 1 is 1.43 bits per heavy atom. The number of aromatic nitrogens is 2. The topological polar surface area (TPSA) is 87.5 Å². The maximum absolute atomic E-state index is 12.9. The predicted molar refractivity (Wildman–Crippen MR) is 111 cm³/mol. The highest BCUT2D eigenvalue weighted by molar-refractivity contribution is 7.19. The van der Waals surface area contributed by atoms with Crippen LogP contribution in [0.5, 0.6) is 0 Å². The molecule has 0 unspecified atom stereocenters. The Bertz CT molecular complexity index is 1100. The van der Waals surface area contributed by atoms with Crippen LogP contribution in [0.4, 0.5) is 5.82 Å². The summed E-state index contributed by atoms with van der Waals surface area (Å²) in [6.07, 6.45) is 3.90. The first-order chi connectivity index (χ1) is 13.4. The number of aryl methyl sites for hydroxylation is 1. The van der Waals surface area contributed by atoms with Crippen molar-refractivity contribution in [1.29, 1.82) is 0 Å². The van der Waals surface area contributed by atoms with Crippen molar-refractivity contribution in [2.45, 2.75) is 26.0 Å². The van der Waals surface area contributed by atoms with Crippen molar-refractivity contribution < 1.29 is 9.90 Å². The number of carbonyl (C=O) groups is 1. The van der Waals surface area contributed by atoms with Gasteiger partial charge >= 0.3 is 0 Å². The molecule has 0 aliphatic carbocycles. The number of aliphatic hydroxyl groups is 1. The molecule has 0 saturated carbocycles. The average Bonchev–Trinajstić information content (AvgIpc) is 3.21. The third kappa shape index (κ3) is 3.58. The van der Waals surface area contributed by atoms with Crippen LogP contribution in [0.3, 0.4) is 0 Å². The van der Waals surface area contributed by atoms with Crippen molar-refractivity contribution in [2.24, 2.45) is 7.05 Å². The number of fused-ring (bicyclic) bond motifs is 1. The number of nitrogens with one attached hydrogen (secondary N) is 1. The number of aliphatic hydroxyl groups excluding tert-OH is 1. The van der Waals surface area contributed by atoms with Gasteiger partial charge in [0, 0.05) is 61.1 Å². The number of rotatable bonds is 4. The fourth-order valence-electron chi connectivity index (χ4n) is 3.66. The van der Waals surface area contributed by atoms with E-state index in [0.29, 0.717) is 24.3 Å². The molecule has 0 aromatic carbocycles. The van der Waals surface area contributed by atoms with E-state index in [1.807, 2.05) is 12.1 Å². The number of thiophene rings is 1. The number of pyridine rings is 2. The van der Waals surface area contributed by atoms with E-state index in [9.17, 15) is 14.7 Å². The van der Waals surface area contributed by atoms with Gasteiger partial charge in [0.15, 0.2) is 0 Å². The van der Waals surface area contributed by atoms with Gasteiger partial charge in [-0.15, -0.1) is 11.3 Å². The van der Waals surface area contributed by atoms with Gasteiger partial charge in [0.05, 0.1) is 11.5 Å². The maximum Gasteiger partial charge on any atom is 0.259 e. The van der Waals surface area contributed by atoms with Crippen LogP contribution in [0.2, 0.25) is 0 Å². The Balaban J connectivity index is 1.87. The van der Waals surface area contributed by atoms with Crippen LogP contribution >= 0.6 is 11.3 Å². The third-order valence-electron chi connectivity index (χ3n) is 4.96. The van der Waals surface area contributed by atoms with Crippen molar-refractivity contribution in [2.75, 3.05) is 18.4 Å². The second-order valence-corrected chi connectivity index (χ2v) is 8.30. The minimum atomic E-state index is -0.294. The van der Waals surface area contributed by atoms with Crippen LogP contribution in [-0.2, 0) is 18.4 Å². The Kier molecular flexibility index (Phi) is 5.01. The molecular formula is C20H22N4O3S. The smallest absolute Gasteiger partial charge is 0.259 e. The van der Waals surface area contributed by atoms with Crippen LogP contribution < -0.4 is 10.9 Å². The van der Waals surface area contributed by atoms with E-state index < -0.39 is 0 Å². The van der Waals surface area contributed by atoms with Gasteiger partial charge in [0.1, 0.15) is 5.82 Å². The molecule has 3 aromatic heterocycles. The predicted octanol–water partition coefficient (Wildman–Crippen LogP) is 2.19. The van der Waals surface area contributed by atoms with E-state index in [1.54, 1.807) is 41.4 Å². The largest absolute Gasteiger partial charge is 0.392 e. The van der Waals surface area contributed by atoms with Crippen LogP contribution in [0.15, 0.2) is 35.4 Å². The number of β-amino-alcohol motifs (C(OH)–C–C–N with tert-alkyl or cyclic N) is 1. The number of hydrogen-bond donors (Lipinski definition) is 2. The zero-order chi connectivity index (χ0) is 19.8. The molecule has 3 aromatic rings. The number of nitrogens with zero attached hydrogens (tertiary/aromatic N) is 3. The first kappa shape index (κ1) is 18.8. The minimum Gasteiger partial charge on any atom is -0.392 e. The van der Waals surface area contributed by atoms with Gasteiger partial charge in [-0.3, -0.25) is 14.5 Å². The van der Waals surface area contributed by atoms with Gasteiger partial charge in [-0.25, -0.2) is 4.98 Å². The van der Waals surface area contributed by atoms with Crippen LogP contribution in [0.25, 0.3) is 21.2 Å². The zero-order valence-corrected chi connectivity index (χ0v) is 16.6. The number of carbonyl (C=O) groups excluding carboxylic acids is 1. The first-order valence-corrected chi connectivity index (χ1v) is 9.99. The van der Waals surface area contributed by atoms with Crippen molar-refractivity contribution in [3.8, 4) is 11.1 Å². The summed E-state index contributed by atoms with van der Waals surface area (Å²) in [5, 5.41) is 13.3. The van der Waals surface area contributed by atoms with Crippen molar-refractivity contribution in [3.63, 3.8) is 0 Å². The maximum atomic E-state index is 12.9. The lowest BCUT2D eigenvalue weighted by molar-refractivity contribution is -0.114. The third-order valence-corrected chi connectivity index (χ3v) is 6.10. The summed E-state index contributed by atoms with van der Waals surface area (Å²) in [6, 6.07) is 5.63. The second kappa shape index (κ2) is 7.46. The van der Waals surface area contributed by atoms with Gasteiger partial charge < -0.3 is 15.0 Å². The second-order valence-electron chi connectivity index (χ2n) is 7.16.